The van der Waals surface area contributed by atoms with Crippen molar-refractivity contribution in [2.45, 2.75) is 31.1 Å². The van der Waals surface area contributed by atoms with Crippen LogP contribution in [-0.2, 0) is 18.3 Å². The smallest absolute Gasteiger partial charge is 0.416 e. The number of aromatic carboxylic acids is 1. The van der Waals surface area contributed by atoms with E-state index in [2.05, 4.69) is 10.6 Å². The number of benzene rings is 4. The highest BCUT2D eigenvalue weighted by molar-refractivity contribution is 6.31. The topological polar surface area (TPSA) is 83.4 Å². The molecule has 3 N–H and O–H groups in total. The molecule has 0 spiro atoms. The summed E-state index contributed by atoms with van der Waals surface area (Å²) in [5, 5.41) is 16.2. The number of nitrogens with zero attached hydrogens (tertiary/aromatic N) is 1. The van der Waals surface area contributed by atoms with Crippen LogP contribution in [0, 0.1) is 5.82 Å². The lowest BCUT2D eigenvalue weighted by Gasteiger charge is -2.20. The predicted molar refractivity (Wildman–Crippen MR) is 159 cm³/mol. The van der Waals surface area contributed by atoms with Crippen LogP contribution in [0.15, 0.2) is 91.1 Å². The molecular weight excluding hydrogens is 598 g/mol. The summed E-state index contributed by atoms with van der Waals surface area (Å²) in [6, 6.07) is 20.6. The number of anilines is 2. The fourth-order valence-corrected chi connectivity index (χ4v) is 5.48. The predicted octanol–water partition coefficient (Wildman–Crippen LogP) is 8.36. The Hall–Kier alpha value is -4.83. The van der Waals surface area contributed by atoms with Gasteiger partial charge in [-0.05, 0) is 84.6 Å². The highest BCUT2D eigenvalue weighted by atomic mass is 35.5. The molecular formula is C33H24ClF4N3O3. The third-order valence-corrected chi connectivity index (χ3v) is 8.08. The minimum Gasteiger partial charge on any atom is -0.478 e. The lowest BCUT2D eigenvalue weighted by atomic mass is 10.0. The van der Waals surface area contributed by atoms with Gasteiger partial charge in [0.05, 0.1) is 32.8 Å². The third kappa shape index (κ3) is 5.72. The van der Waals surface area contributed by atoms with Crippen LogP contribution in [0.25, 0.3) is 10.9 Å². The second-order valence-corrected chi connectivity index (χ2v) is 11.1. The van der Waals surface area contributed by atoms with Gasteiger partial charge in [-0.15, -0.1) is 0 Å². The first-order valence-electron chi connectivity index (χ1n) is 13.6. The van der Waals surface area contributed by atoms with Gasteiger partial charge in [-0.25, -0.2) is 9.18 Å². The number of amides is 1. The number of hydrogen-bond acceptors (Lipinski definition) is 3. The molecule has 6 nitrogen and oxygen atoms in total. The van der Waals surface area contributed by atoms with Crippen molar-refractivity contribution in [3.05, 3.63) is 130 Å². The monoisotopic (exact) mass is 621 g/mol. The Kier molecular flexibility index (Phi) is 7.33. The lowest BCUT2D eigenvalue weighted by Crippen LogP contribution is -2.35. The van der Waals surface area contributed by atoms with E-state index in [1.54, 1.807) is 41.1 Å². The summed E-state index contributed by atoms with van der Waals surface area (Å²) in [7, 11) is 0. The molecule has 1 saturated carbocycles. The van der Waals surface area contributed by atoms with Crippen molar-refractivity contribution in [3.8, 4) is 0 Å². The van der Waals surface area contributed by atoms with Crippen LogP contribution >= 0.6 is 11.6 Å². The minimum absolute atomic E-state index is 0.0618. The van der Waals surface area contributed by atoms with Crippen molar-refractivity contribution >= 4 is 45.8 Å². The molecule has 0 saturated heterocycles. The van der Waals surface area contributed by atoms with E-state index in [0.29, 0.717) is 46.2 Å². The molecule has 0 unspecified atom stereocenters. The number of nitrogens with one attached hydrogen (secondary N) is 2. The van der Waals surface area contributed by atoms with Crippen LogP contribution in [0.1, 0.15) is 50.2 Å². The summed E-state index contributed by atoms with van der Waals surface area (Å²) in [5.41, 5.74) is 2.14. The van der Waals surface area contributed by atoms with E-state index in [1.165, 1.54) is 42.5 Å². The van der Waals surface area contributed by atoms with Crippen LogP contribution in [0.4, 0.5) is 28.9 Å². The number of rotatable bonds is 8. The second-order valence-electron chi connectivity index (χ2n) is 10.7. The van der Waals surface area contributed by atoms with Crippen molar-refractivity contribution < 1.29 is 32.3 Å². The number of carboxylic acid groups (broad SMARTS) is 1. The summed E-state index contributed by atoms with van der Waals surface area (Å²) < 4.78 is 54.9. The molecule has 11 heteroatoms. The largest absolute Gasteiger partial charge is 0.478 e. The number of fused-ring (bicyclic) bond motifs is 1. The SMILES string of the molecule is O=C(O)c1ccc(C2(NC(=O)c3ccc(Nc4ccc(F)c(Cl)c4)c4ccn(Cc5ccc(C(F)(F)F)cc5)c34)CC2)cc1. The average Bonchev–Trinajstić information content (AvgIpc) is 3.65. The highest BCUT2D eigenvalue weighted by Crippen LogP contribution is 2.46. The Morgan fingerprint density at radius 3 is 2.25 bits per heavy atom. The molecule has 0 radical (unpaired) electrons. The van der Waals surface area contributed by atoms with Crippen molar-refractivity contribution in [2.24, 2.45) is 0 Å². The maximum absolute atomic E-state index is 13.8. The molecule has 6 rings (SSSR count). The van der Waals surface area contributed by atoms with Crippen molar-refractivity contribution in [2.75, 3.05) is 5.32 Å². The Morgan fingerprint density at radius 1 is 0.932 bits per heavy atom. The van der Waals surface area contributed by atoms with Crippen molar-refractivity contribution in [3.63, 3.8) is 0 Å². The zero-order valence-corrected chi connectivity index (χ0v) is 23.6. The van der Waals surface area contributed by atoms with Gasteiger partial charge in [0.25, 0.3) is 5.91 Å². The van der Waals surface area contributed by atoms with E-state index < -0.39 is 29.1 Å². The first-order valence-corrected chi connectivity index (χ1v) is 14.0. The number of carbonyl (C=O) groups excluding carboxylic acids is 1. The molecule has 1 heterocycles. The zero-order chi connectivity index (χ0) is 31.2. The van der Waals surface area contributed by atoms with E-state index >= 15 is 0 Å². The van der Waals surface area contributed by atoms with Crippen LogP contribution in [-0.4, -0.2) is 21.6 Å². The number of carboxylic acids is 1. The second kappa shape index (κ2) is 11.0. The van der Waals surface area contributed by atoms with Gasteiger partial charge in [0.2, 0.25) is 0 Å². The Labute approximate surface area is 253 Å². The third-order valence-electron chi connectivity index (χ3n) is 7.79. The minimum atomic E-state index is -4.46. The summed E-state index contributed by atoms with van der Waals surface area (Å²) in [6.07, 6.45) is -1.36. The normalized spacial score (nSPS) is 13.9. The molecule has 5 aromatic rings. The number of halogens is 5. The van der Waals surface area contributed by atoms with Gasteiger partial charge < -0.3 is 20.3 Å². The van der Waals surface area contributed by atoms with Crippen molar-refractivity contribution in [1.82, 2.24) is 9.88 Å². The number of carbonyl (C=O) groups is 2. The molecule has 44 heavy (non-hydrogen) atoms. The summed E-state index contributed by atoms with van der Waals surface area (Å²) in [5.74, 6) is -1.97. The summed E-state index contributed by atoms with van der Waals surface area (Å²) in [4.78, 5) is 25.1. The standard InChI is InChI=1S/C33H24ClF4N3O3/c34-26-17-23(9-11-27(26)35)39-28-12-10-25(30(42)40-32(14-15-32)21-7-3-20(4-8-21)31(43)44)29-24(28)13-16-41(29)18-19-1-5-22(6-2-19)33(36,37)38/h1-13,16-17,39H,14-15,18H2,(H,40,42)(H,43,44). The molecule has 1 aliphatic rings. The van der Waals surface area contributed by atoms with E-state index in [1.807, 2.05) is 0 Å². The molecule has 0 atom stereocenters. The van der Waals surface area contributed by atoms with E-state index in [9.17, 15) is 32.3 Å². The fourth-order valence-electron chi connectivity index (χ4n) is 5.30. The van der Waals surface area contributed by atoms with Crippen LogP contribution in [0.5, 0.6) is 0 Å². The van der Waals surface area contributed by atoms with Gasteiger partial charge in [0.15, 0.2) is 0 Å². The molecule has 0 aliphatic heterocycles. The quantitative estimate of drug-likeness (QED) is 0.152. The first kappa shape index (κ1) is 29.3. The van der Waals surface area contributed by atoms with E-state index in [4.69, 9.17) is 11.6 Å². The summed E-state index contributed by atoms with van der Waals surface area (Å²) >= 11 is 5.97. The molecule has 1 aromatic heterocycles. The van der Waals surface area contributed by atoms with Crippen LogP contribution in [0.2, 0.25) is 5.02 Å². The summed E-state index contributed by atoms with van der Waals surface area (Å²) in [6.45, 7) is 0.190. The van der Waals surface area contributed by atoms with Gasteiger partial charge in [0, 0.05) is 29.5 Å². The molecule has 224 valence electrons. The van der Waals surface area contributed by atoms with Gasteiger partial charge in [-0.3, -0.25) is 4.79 Å². The lowest BCUT2D eigenvalue weighted by molar-refractivity contribution is -0.137. The Balaban J connectivity index is 1.37. The van der Waals surface area contributed by atoms with Gasteiger partial charge in [0.1, 0.15) is 5.82 Å². The molecule has 1 aliphatic carbocycles. The van der Waals surface area contributed by atoms with E-state index in [-0.39, 0.29) is 23.0 Å². The number of alkyl halides is 3. The van der Waals surface area contributed by atoms with Crippen LogP contribution in [0.3, 0.4) is 0 Å². The van der Waals surface area contributed by atoms with Crippen molar-refractivity contribution in [1.29, 1.82) is 0 Å². The molecule has 1 fully saturated rings. The average molecular weight is 622 g/mol. The Bertz CT molecular complexity index is 1900. The maximum atomic E-state index is 13.8. The number of hydrogen-bond donors (Lipinski definition) is 3. The van der Waals surface area contributed by atoms with E-state index in [0.717, 1.165) is 17.7 Å². The maximum Gasteiger partial charge on any atom is 0.416 e. The fraction of sp³-hybridized carbons (Fsp3) is 0.152. The number of aromatic nitrogens is 1. The Morgan fingerprint density at radius 2 is 1.64 bits per heavy atom. The van der Waals surface area contributed by atoms with Gasteiger partial charge in [-0.2, -0.15) is 13.2 Å². The highest BCUT2D eigenvalue weighted by Gasteiger charge is 2.46. The van der Waals surface area contributed by atoms with Crippen LogP contribution < -0.4 is 10.6 Å². The van der Waals surface area contributed by atoms with Gasteiger partial charge in [-0.1, -0.05) is 35.9 Å². The molecule has 4 aromatic carbocycles. The molecule has 0 bridgehead atoms. The first-order chi connectivity index (χ1) is 20.9. The molecule has 1 amide bonds. The van der Waals surface area contributed by atoms with Gasteiger partial charge >= 0.3 is 12.1 Å². The zero-order valence-electron chi connectivity index (χ0n) is 22.9.